The molecule has 0 atom stereocenters. The van der Waals surface area contributed by atoms with E-state index < -0.39 is 0 Å². The lowest BCUT2D eigenvalue weighted by atomic mass is 10.2. The predicted octanol–water partition coefficient (Wildman–Crippen LogP) is 3.98. The summed E-state index contributed by atoms with van der Waals surface area (Å²) in [6.45, 7) is 2.27. The first-order valence-corrected chi connectivity index (χ1v) is 7.64. The maximum absolute atomic E-state index is 10.9. The minimum Gasteiger partial charge on any atom is -0.381 e. The first kappa shape index (κ1) is 14.5. The van der Waals surface area contributed by atoms with Crippen molar-refractivity contribution in [3.63, 3.8) is 0 Å². The Morgan fingerprint density at radius 2 is 1.60 bits per heavy atom. The number of hydrogen-bond donors (Lipinski definition) is 2. The van der Waals surface area contributed by atoms with Gasteiger partial charge in [0.25, 0.3) is 0 Å². The molecular weight excluding hydrogens is 268 g/mol. The molecule has 104 valence electrons. The second-order valence-corrected chi connectivity index (χ2v) is 5.34. The second-order valence-electron chi connectivity index (χ2n) is 4.46. The van der Waals surface area contributed by atoms with Gasteiger partial charge in [0.1, 0.15) is 0 Å². The van der Waals surface area contributed by atoms with Crippen molar-refractivity contribution < 1.29 is 4.79 Å². The predicted molar refractivity (Wildman–Crippen MR) is 86.3 cm³/mol. The molecule has 0 aromatic heterocycles. The zero-order valence-corrected chi connectivity index (χ0v) is 12.5. The van der Waals surface area contributed by atoms with Gasteiger partial charge in [0, 0.05) is 29.7 Å². The van der Waals surface area contributed by atoms with Crippen LogP contribution in [0.15, 0.2) is 53.4 Å². The van der Waals surface area contributed by atoms with Gasteiger partial charge in [-0.05, 0) is 48.2 Å². The van der Waals surface area contributed by atoms with E-state index in [9.17, 15) is 4.79 Å². The molecule has 0 aliphatic heterocycles. The van der Waals surface area contributed by atoms with Crippen LogP contribution in [0.25, 0.3) is 0 Å². The third kappa shape index (κ3) is 4.31. The Balaban J connectivity index is 1.91. The molecule has 4 heteroatoms. The van der Waals surface area contributed by atoms with Crippen LogP contribution in [0.3, 0.4) is 0 Å². The van der Waals surface area contributed by atoms with Crippen LogP contribution < -0.4 is 10.6 Å². The molecule has 0 unspecified atom stereocenters. The van der Waals surface area contributed by atoms with Crippen LogP contribution in [0.5, 0.6) is 0 Å². The van der Waals surface area contributed by atoms with Crippen molar-refractivity contribution in [1.29, 1.82) is 0 Å². The quantitative estimate of drug-likeness (QED) is 0.817. The van der Waals surface area contributed by atoms with E-state index in [4.69, 9.17) is 0 Å². The lowest BCUT2D eigenvalue weighted by Gasteiger charge is -2.08. The molecule has 2 N–H and O–H groups in total. The molecule has 0 bridgehead atoms. The Bertz CT molecular complexity index is 564. The van der Waals surface area contributed by atoms with E-state index in [1.54, 1.807) is 11.8 Å². The van der Waals surface area contributed by atoms with Gasteiger partial charge in [0.05, 0.1) is 0 Å². The Morgan fingerprint density at radius 1 is 1.00 bits per heavy atom. The standard InChI is InChI=1S/C16H18N2OS/c1-12(19)18-15-5-3-13(4-6-15)11-17-14-7-9-16(20-2)10-8-14/h3-10,17H,11H2,1-2H3,(H,18,19). The number of carbonyl (C=O) groups excluding carboxylic acids is 1. The summed E-state index contributed by atoms with van der Waals surface area (Å²) in [7, 11) is 0. The Kier molecular flexibility index (Phi) is 5.07. The van der Waals surface area contributed by atoms with Crippen molar-refractivity contribution in [2.24, 2.45) is 0 Å². The lowest BCUT2D eigenvalue weighted by molar-refractivity contribution is -0.114. The summed E-state index contributed by atoms with van der Waals surface area (Å²) in [5, 5.41) is 6.13. The largest absolute Gasteiger partial charge is 0.381 e. The molecule has 0 fully saturated rings. The zero-order chi connectivity index (χ0) is 14.4. The fourth-order valence-electron chi connectivity index (χ4n) is 1.82. The molecule has 0 aliphatic rings. The molecular formula is C16H18N2OS. The van der Waals surface area contributed by atoms with E-state index in [1.807, 2.05) is 24.3 Å². The highest BCUT2D eigenvalue weighted by atomic mass is 32.2. The normalized spacial score (nSPS) is 10.1. The summed E-state index contributed by atoms with van der Waals surface area (Å²) < 4.78 is 0. The molecule has 0 aliphatic carbocycles. The van der Waals surface area contributed by atoms with Crippen LogP contribution in [0.2, 0.25) is 0 Å². The van der Waals surface area contributed by atoms with Crippen LogP contribution in [0.1, 0.15) is 12.5 Å². The highest BCUT2D eigenvalue weighted by Gasteiger charge is 1.97. The number of carbonyl (C=O) groups is 1. The molecule has 0 radical (unpaired) electrons. The van der Waals surface area contributed by atoms with Gasteiger partial charge in [-0.25, -0.2) is 0 Å². The average molecular weight is 286 g/mol. The van der Waals surface area contributed by atoms with Gasteiger partial charge in [-0.3, -0.25) is 4.79 Å². The summed E-state index contributed by atoms with van der Waals surface area (Å²) in [6.07, 6.45) is 2.07. The lowest BCUT2D eigenvalue weighted by Crippen LogP contribution is -2.06. The molecule has 20 heavy (non-hydrogen) atoms. The molecule has 0 saturated carbocycles. The van der Waals surface area contributed by atoms with Gasteiger partial charge in [-0.2, -0.15) is 0 Å². The fourth-order valence-corrected chi connectivity index (χ4v) is 2.23. The van der Waals surface area contributed by atoms with Crippen LogP contribution in [-0.2, 0) is 11.3 Å². The molecule has 2 rings (SSSR count). The molecule has 2 aromatic rings. The fraction of sp³-hybridized carbons (Fsp3) is 0.188. The third-order valence-electron chi connectivity index (χ3n) is 2.86. The number of anilines is 2. The maximum Gasteiger partial charge on any atom is 0.221 e. The van der Waals surface area contributed by atoms with E-state index in [0.29, 0.717) is 0 Å². The van der Waals surface area contributed by atoms with Crippen molar-refractivity contribution >= 4 is 29.0 Å². The van der Waals surface area contributed by atoms with Crippen LogP contribution in [-0.4, -0.2) is 12.2 Å². The maximum atomic E-state index is 10.9. The summed E-state index contributed by atoms with van der Waals surface area (Å²) in [5.74, 6) is -0.0511. The smallest absolute Gasteiger partial charge is 0.221 e. The third-order valence-corrected chi connectivity index (χ3v) is 3.60. The zero-order valence-electron chi connectivity index (χ0n) is 11.6. The summed E-state index contributed by atoms with van der Waals surface area (Å²) in [4.78, 5) is 12.2. The van der Waals surface area contributed by atoms with Crippen molar-refractivity contribution in [3.8, 4) is 0 Å². The topological polar surface area (TPSA) is 41.1 Å². The number of benzene rings is 2. The first-order chi connectivity index (χ1) is 9.67. The average Bonchev–Trinajstić information content (AvgIpc) is 2.46. The van der Waals surface area contributed by atoms with E-state index >= 15 is 0 Å². The van der Waals surface area contributed by atoms with E-state index in [-0.39, 0.29) is 5.91 Å². The van der Waals surface area contributed by atoms with Crippen LogP contribution >= 0.6 is 11.8 Å². The highest BCUT2D eigenvalue weighted by Crippen LogP contribution is 2.18. The first-order valence-electron chi connectivity index (χ1n) is 6.42. The van der Waals surface area contributed by atoms with E-state index in [1.165, 1.54) is 17.4 Å². The van der Waals surface area contributed by atoms with Gasteiger partial charge in [-0.1, -0.05) is 12.1 Å². The summed E-state index contributed by atoms with van der Waals surface area (Å²) in [5.41, 5.74) is 3.10. The molecule has 0 spiro atoms. The number of hydrogen-bond acceptors (Lipinski definition) is 3. The number of amides is 1. The van der Waals surface area contributed by atoms with Crippen molar-refractivity contribution in [1.82, 2.24) is 0 Å². The van der Waals surface area contributed by atoms with Crippen molar-refractivity contribution in [3.05, 3.63) is 54.1 Å². The number of nitrogens with one attached hydrogen (secondary N) is 2. The highest BCUT2D eigenvalue weighted by molar-refractivity contribution is 7.98. The van der Waals surface area contributed by atoms with E-state index in [2.05, 4.69) is 41.2 Å². The SMILES string of the molecule is CSc1ccc(NCc2ccc(NC(C)=O)cc2)cc1. The molecule has 3 nitrogen and oxygen atoms in total. The Morgan fingerprint density at radius 3 is 2.15 bits per heavy atom. The summed E-state index contributed by atoms with van der Waals surface area (Å²) >= 11 is 1.74. The van der Waals surface area contributed by atoms with Crippen molar-refractivity contribution in [2.75, 3.05) is 16.9 Å². The van der Waals surface area contributed by atoms with E-state index in [0.717, 1.165) is 17.9 Å². The minimum atomic E-state index is -0.0511. The number of rotatable bonds is 5. The monoisotopic (exact) mass is 286 g/mol. The summed E-state index contributed by atoms with van der Waals surface area (Å²) in [6, 6.07) is 16.2. The Labute approximate surface area is 123 Å². The van der Waals surface area contributed by atoms with Gasteiger partial charge < -0.3 is 10.6 Å². The van der Waals surface area contributed by atoms with Crippen LogP contribution in [0.4, 0.5) is 11.4 Å². The molecule has 0 heterocycles. The molecule has 1 amide bonds. The van der Waals surface area contributed by atoms with Gasteiger partial charge >= 0.3 is 0 Å². The second kappa shape index (κ2) is 7.01. The van der Waals surface area contributed by atoms with Gasteiger partial charge in [-0.15, -0.1) is 11.8 Å². The van der Waals surface area contributed by atoms with Crippen molar-refractivity contribution in [2.45, 2.75) is 18.4 Å². The minimum absolute atomic E-state index is 0.0511. The molecule has 2 aromatic carbocycles. The number of thioether (sulfide) groups is 1. The van der Waals surface area contributed by atoms with Gasteiger partial charge in [0.15, 0.2) is 0 Å². The van der Waals surface area contributed by atoms with Crippen LogP contribution in [0, 0.1) is 0 Å². The van der Waals surface area contributed by atoms with Gasteiger partial charge in [0.2, 0.25) is 5.91 Å². The Hall–Kier alpha value is -1.94. The molecule has 0 saturated heterocycles.